The molecule has 78 valence electrons. The number of hydrogen-bond acceptors (Lipinski definition) is 3. The van der Waals surface area contributed by atoms with E-state index in [0.29, 0.717) is 12.2 Å². The van der Waals surface area contributed by atoms with Crippen molar-refractivity contribution in [2.75, 3.05) is 0 Å². The minimum Gasteiger partial charge on any atom is -0.508 e. The second-order valence-corrected chi connectivity index (χ2v) is 3.32. The molecule has 2 N–H and O–H groups in total. The molecule has 4 nitrogen and oxygen atoms in total. The van der Waals surface area contributed by atoms with Gasteiger partial charge in [-0.25, -0.2) is 0 Å². The molecule has 0 aromatic carbocycles. The molecule has 0 unspecified atom stereocenters. The Morgan fingerprint density at radius 2 is 2.20 bits per heavy atom. The highest BCUT2D eigenvalue weighted by Gasteiger charge is 2.13. The Morgan fingerprint density at radius 1 is 1.40 bits per heavy atom. The Bertz CT molecular complexity index is 458. The van der Waals surface area contributed by atoms with Gasteiger partial charge in [0.05, 0.1) is 12.7 Å². The summed E-state index contributed by atoms with van der Waals surface area (Å²) >= 11 is 0. The van der Waals surface area contributed by atoms with E-state index in [4.69, 9.17) is 9.52 Å². The van der Waals surface area contributed by atoms with Gasteiger partial charge in [0.1, 0.15) is 11.5 Å². The lowest BCUT2D eigenvalue weighted by Crippen LogP contribution is -1.98. The van der Waals surface area contributed by atoms with Crippen LogP contribution in [-0.2, 0) is 11.2 Å². The van der Waals surface area contributed by atoms with Crippen LogP contribution in [0.2, 0.25) is 0 Å². The topological polar surface area (TPSA) is 70.7 Å². The molecular weight excluding hydrogens is 196 g/mol. The Labute approximate surface area is 86.1 Å². The smallest absolute Gasteiger partial charge is 0.303 e. The molecular formula is C11H10O4. The molecule has 4 heteroatoms. The van der Waals surface area contributed by atoms with Crippen LogP contribution in [0.3, 0.4) is 0 Å². The molecule has 0 aromatic heterocycles. The average Bonchev–Trinajstić information content (AvgIpc) is 2.55. The van der Waals surface area contributed by atoms with E-state index in [2.05, 4.69) is 0 Å². The van der Waals surface area contributed by atoms with Gasteiger partial charge < -0.3 is 14.6 Å². The van der Waals surface area contributed by atoms with Crippen LogP contribution in [0.25, 0.3) is 11.1 Å². The molecule has 0 aromatic rings. The molecule has 0 atom stereocenters. The van der Waals surface area contributed by atoms with E-state index in [1.165, 1.54) is 6.26 Å². The minimum atomic E-state index is -0.863. The van der Waals surface area contributed by atoms with Crippen LogP contribution < -0.4 is 0 Å². The fraction of sp³-hybridized carbons (Fsp3) is 0.182. The van der Waals surface area contributed by atoms with Gasteiger partial charge in [-0.3, -0.25) is 4.79 Å². The van der Waals surface area contributed by atoms with Gasteiger partial charge in [0.25, 0.3) is 0 Å². The quantitative estimate of drug-likeness (QED) is 0.806. The normalized spacial score (nSPS) is 10.7. The first-order valence-corrected chi connectivity index (χ1v) is 4.57. The maximum Gasteiger partial charge on any atom is 0.303 e. The van der Waals surface area contributed by atoms with Crippen molar-refractivity contribution in [2.24, 2.45) is 0 Å². The number of rotatable bonds is 3. The van der Waals surface area contributed by atoms with Crippen molar-refractivity contribution in [3.05, 3.63) is 30.2 Å². The van der Waals surface area contributed by atoms with E-state index in [-0.39, 0.29) is 12.2 Å². The predicted octanol–water partition coefficient (Wildman–Crippen LogP) is 2.11. The van der Waals surface area contributed by atoms with Crippen molar-refractivity contribution in [1.82, 2.24) is 0 Å². The molecule has 0 radical (unpaired) electrons. The zero-order chi connectivity index (χ0) is 10.8. The lowest BCUT2D eigenvalue weighted by Gasteiger charge is -2.04. The first kappa shape index (κ1) is 9.58. The highest BCUT2D eigenvalue weighted by Crippen LogP contribution is 2.33. The summed E-state index contributed by atoms with van der Waals surface area (Å²) in [6, 6.07) is 4.93. The van der Waals surface area contributed by atoms with E-state index < -0.39 is 5.97 Å². The zero-order valence-corrected chi connectivity index (χ0v) is 7.93. The van der Waals surface area contributed by atoms with E-state index >= 15 is 0 Å². The maximum atomic E-state index is 10.4. The van der Waals surface area contributed by atoms with Crippen molar-refractivity contribution in [1.29, 1.82) is 0 Å². The van der Waals surface area contributed by atoms with Gasteiger partial charge in [0.2, 0.25) is 0 Å². The van der Waals surface area contributed by atoms with Gasteiger partial charge in [-0.2, -0.15) is 0 Å². The molecule has 1 heterocycles. The van der Waals surface area contributed by atoms with Gasteiger partial charge in [-0.15, -0.1) is 0 Å². The molecule has 0 fully saturated rings. The third-order valence-electron chi connectivity index (χ3n) is 2.23. The number of carboxylic acid groups (broad SMARTS) is 1. The molecule has 0 saturated heterocycles. The fourth-order valence-electron chi connectivity index (χ4n) is 1.56. The summed E-state index contributed by atoms with van der Waals surface area (Å²) in [6.45, 7) is 0. The number of aliphatic carboxylic acids is 1. The largest absolute Gasteiger partial charge is 0.508 e. The number of carbonyl (C=O) groups is 1. The van der Waals surface area contributed by atoms with E-state index in [9.17, 15) is 9.90 Å². The monoisotopic (exact) mass is 206 g/mol. The number of fused-ring (bicyclic) bond motifs is 1. The fourth-order valence-corrected chi connectivity index (χ4v) is 1.56. The highest BCUT2D eigenvalue weighted by atomic mass is 16.4. The van der Waals surface area contributed by atoms with E-state index in [1.807, 2.05) is 0 Å². The summed E-state index contributed by atoms with van der Waals surface area (Å²) in [4.78, 5) is 10.4. The van der Waals surface area contributed by atoms with Crippen LogP contribution in [0.1, 0.15) is 12.2 Å². The SMILES string of the molecule is O=C(O)CCc1occc2cc(O)cc1-2. The van der Waals surface area contributed by atoms with Crippen molar-refractivity contribution >= 4 is 5.97 Å². The number of carboxylic acids is 1. The van der Waals surface area contributed by atoms with Crippen LogP contribution in [0.4, 0.5) is 0 Å². The molecule has 0 bridgehead atoms. The van der Waals surface area contributed by atoms with Gasteiger partial charge in [-0.1, -0.05) is 0 Å². The van der Waals surface area contributed by atoms with Crippen molar-refractivity contribution in [3.63, 3.8) is 0 Å². The van der Waals surface area contributed by atoms with Gasteiger partial charge >= 0.3 is 5.97 Å². The van der Waals surface area contributed by atoms with Gasteiger partial charge in [-0.05, 0) is 23.8 Å². The summed E-state index contributed by atoms with van der Waals surface area (Å²) < 4.78 is 5.23. The molecule has 0 amide bonds. The standard InChI is InChI=1S/C11H10O4/c12-8-5-7-3-4-15-10(9(7)6-8)1-2-11(13)14/h3-6,12H,1-2H2,(H,13,14). The number of aryl methyl sites for hydroxylation is 1. The molecule has 1 aliphatic carbocycles. The van der Waals surface area contributed by atoms with Crippen LogP contribution in [0, 0.1) is 0 Å². The molecule has 0 spiro atoms. The van der Waals surface area contributed by atoms with E-state index in [1.54, 1.807) is 18.2 Å². The van der Waals surface area contributed by atoms with Crippen LogP contribution in [0.15, 0.2) is 28.9 Å². The van der Waals surface area contributed by atoms with Crippen molar-refractivity contribution in [3.8, 4) is 16.9 Å². The predicted molar refractivity (Wildman–Crippen MR) is 53.0 cm³/mol. The third-order valence-corrected chi connectivity index (χ3v) is 2.23. The second kappa shape index (κ2) is 3.65. The van der Waals surface area contributed by atoms with Crippen LogP contribution in [-0.4, -0.2) is 16.2 Å². The number of hydrogen-bond donors (Lipinski definition) is 2. The lowest BCUT2D eigenvalue weighted by atomic mass is 10.1. The summed E-state index contributed by atoms with van der Waals surface area (Å²) in [5.74, 6) is -0.101. The highest BCUT2D eigenvalue weighted by molar-refractivity contribution is 5.72. The van der Waals surface area contributed by atoms with Gasteiger partial charge in [0, 0.05) is 12.0 Å². The molecule has 2 aliphatic rings. The molecule has 15 heavy (non-hydrogen) atoms. The van der Waals surface area contributed by atoms with Gasteiger partial charge in [0.15, 0.2) is 0 Å². The van der Waals surface area contributed by atoms with E-state index in [0.717, 1.165) is 11.1 Å². The van der Waals surface area contributed by atoms with Crippen molar-refractivity contribution < 1.29 is 19.4 Å². The average molecular weight is 206 g/mol. The van der Waals surface area contributed by atoms with Crippen LogP contribution in [0.5, 0.6) is 5.75 Å². The molecule has 0 saturated carbocycles. The Morgan fingerprint density at radius 3 is 2.93 bits per heavy atom. The first-order chi connectivity index (χ1) is 7.16. The minimum absolute atomic E-state index is 0.0224. The summed E-state index contributed by atoms with van der Waals surface area (Å²) in [5.41, 5.74) is 1.63. The van der Waals surface area contributed by atoms with Crippen LogP contribution >= 0.6 is 0 Å². The Hall–Kier alpha value is -1.97. The molecule has 2 rings (SSSR count). The Balaban J connectivity index is 2.31. The maximum absolute atomic E-state index is 10.4. The zero-order valence-electron chi connectivity index (χ0n) is 7.93. The summed E-state index contributed by atoms with van der Waals surface area (Å²) in [7, 11) is 0. The summed E-state index contributed by atoms with van der Waals surface area (Å²) in [5, 5.41) is 17.9. The summed E-state index contributed by atoms with van der Waals surface area (Å²) in [6.07, 6.45) is 1.85. The molecule has 1 aliphatic heterocycles. The third kappa shape index (κ3) is 1.93. The Kier molecular flexibility index (Phi) is 2.33. The lowest BCUT2D eigenvalue weighted by molar-refractivity contribution is -0.137. The first-order valence-electron chi connectivity index (χ1n) is 4.57. The second-order valence-electron chi connectivity index (χ2n) is 3.32. The van der Waals surface area contributed by atoms with Crippen molar-refractivity contribution in [2.45, 2.75) is 12.8 Å². The number of aromatic hydroxyl groups is 1.